The van der Waals surface area contributed by atoms with Crippen LogP contribution in [0.3, 0.4) is 0 Å². The van der Waals surface area contributed by atoms with Crippen LogP contribution in [0.1, 0.15) is 29.0 Å². The highest BCUT2D eigenvalue weighted by Crippen LogP contribution is 2.37. The van der Waals surface area contributed by atoms with Crippen molar-refractivity contribution in [2.75, 3.05) is 13.2 Å². The summed E-state index contributed by atoms with van der Waals surface area (Å²) in [6.45, 7) is 3.03. The molecule has 7 heteroatoms. The van der Waals surface area contributed by atoms with E-state index in [0.717, 1.165) is 32.0 Å². The van der Waals surface area contributed by atoms with Crippen LogP contribution < -0.4 is 14.8 Å². The van der Waals surface area contributed by atoms with Gasteiger partial charge >= 0.3 is 0 Å². The van der Waals surface area contributed by atoms with Gasteiger partial charge in [0.05, 0.1) is 10.9 Å². The van der Waals surface area contributed by atoms with Crippen LogP contribution in [-0.4, -0.2) is 24.1 Å². The van der Waals surface area contributed by atoms with E-state index in [2.05, 4.69) is 10.3 Å². The monoisotopic (exact) mass is 464 g/mol. The van der Waals surface area contributed by atoms with E-state index < -0.39 is 0 Å². The van der Waals surface area contributed by atoms with Crippen LogP contribution in [0.25, 0.3) is 10.9 Å². The maximum atomic E-state index is 13.3. The van der Waals surface area contributed by atoms with Gasteiger partial charge in [-0.05, 0) is 55.0 Å². The number of hydrogen-bond donors (Lipinski definition) is 2. The summed E-state index contributed by atoms with van der Waals surface area (Å²) in [7, 11) is 0. The Hall–Kier alpha value is -3.09. The van der Waals surface area contributed by atoms with Crippen LogP contribution in [0.2, 0.25) is 5.02 Å². The normalized spacial score (nSPS) is 13.7. The van der Waals surface area contributed by atoms with Gasteiger partial charge in [0.1, 0.15) is 18.9 Å². The molecule has 0 saturated heterocycles. The molecule has 5 nitrogen and oxygen atoms in total. The Kier molecular flexibility index (Phi) is 5.72. The van der Waals surface area contributed by atoms with Crippen molar-refractivity contribution in [2.24, 2.45) is 0 Å². The Balaban J connectivity index is 1.43. The van der Waals surface area contributed by atoms with Gasteiger partial charge in [-0.1, -0.05) is 47.6 Å². The summed E-state index contributed by atoms with van der Waals surface area (Å²) < 4.78 is 11.3. The number of aromatic nitrogens is 1. The van der Waals surface area contributed by atoms with Gasteiger partial charge in [-0.25, -0.2) is 0 Å². The highest BCUT2D eigenvalue weighted by Gasteiger charge is 2.22. The molecule has 2 N–H and O–H groups in total. The summed E-state index contributed by atoms with van der Waals surface area (Å²) in [5, 5.41) is 4.80. The molecule has 0 saturated carbocycles. The number of aromatic amines is 1. The molecule has 5 rings (SSSR count). The first-order chi connectivity index (χ1) is 15.6. The molecule has 1 aliphatic heterocycles. The average molecular weight is 465 g/mol. The fraction of sp³-hybridized carbons (Fsp3) is 0.160. The minimum Gasteiger partial charge on any atom is -0.486 e. The van der Waals surface area contributed by atoms with E-state index in [0.29, 0.717) is 29.7 Å². The summed E-state index contributed by atoms with van der Waals surface area (Å²) in [5.74, 6) is 1.27. The van der Waals surface area contributed by atoms with Crippen molar-refractivity contribution in [2.45, 2.75) is 22.8 Å². The zero-order valence-electron chi connectivity index (χ0n) is 17.4. The van der Waals surface area contributed by atoms with E-state index in [-0.39, 0.29) is 11.9 Å². The van der Waals surface area contributed by atoms with Gasteiger partial charge in [0.2, 0.25) is 0 Å². The summed E-state index contributed by atoms with van der Waals surface area (Å²) in [5.41, 5.74) is 2.40. The molecular weight excluding hydrogens is 444 g/mol. The van der Waals surface area contributed by atoms with E-state index in [1.165, 1.54) is 0 Å². The van der Waals surface area contributed by atoms with Gasteiger partial charge in [0, 0.05) is 20.8 Å². The van der Waals surface area contributed by atoms with Crippen LogP contribution in [0.5, 0.6) is 11.5 Å². The predicted octanol–water partition coefficient (Wildman–Crippen LogP) is 6.23. The van der Waals surface area contributed by atoms with E-state index in [1.807, 2.05) is 73.7 Å². The molecule has 1 atom stereocenters. The number of halogens is 1. The van der Waals surface area contributed by atoms with Gasteiger partial charge in [-0.15, -0.1) is 0 Å². The largest absolute Gasteiger partial charge is 0.486 e. The van der Waals surface area contributed by atoms with Crippen molar-refractivity contribution >= 4 is 40.2 Å². The van der Waals surface area contributed by atoms with Crippen molar-refractivity contribution in [1.29, 1.82) is 0 Å². The number of carbonyl (C=O) groups is 1. The van der Waals surface area contributed by atoms with Crippen molar-refractivity contribution < 1.29 is 14.3 Å². The zero-order valence-corrected chi connectivity index (χ0v) is 18.9. The van der Waals surface area contributed by atoms with Gasteiger partial charge in [0.25, 0.3) is 5.91 Å². The number of ether oxygens (including phenoxy) is 2. The number of fused-ring (bicyclic) bond motifs is 2. The first-order valence-corrected chi connectivity index (χ1v) is 11.5. The molecule has 0 fully saturated rings. The molecule has 3 aromatic carbocycles. The molecule has 0 unspecified atom stereocenters. The smallest absolute Gasteiger partial charge is 0.269 e. The minimum absolute atomic E-state index is 0.167. The van der Waals surface area contributed by atoms with Gasteiger partial charge in [-0.3, -0.25) is 4.79 Å². The summed E-state index contributed by atoms with van der Waals surface area (Å²) >= 11 is 7.58. The van der Waals surface area contributed by atoms with E-state index >= 15 is 0 Å². The fourth-order valence-corrected chi connectivity index (χ4v) is 4.85. The van der Waals surface area contributed by atoms with Crippen LogP contribution in [-0.2, 0) is 0 Å². The third kappa shape index (κ3) is 4.16. The average Bonchev–Trinajstić information content (AvgIpc) is 3.18. The number of para-hydroxylation sites is 1. The van der Waals surface area contributed by atoms with Crippen molar-refractivity contribution in [3.8, 4) is 11.5 Å². The maximum Gasteiger partial charge on any atom is 0.269 e. The molecule has 2 heterocycles. The molecule has 0 aliphatic carbocycles. The third-order valence-corrected chi connectivity index (χ3v) is 6.72. The Morgan fingerprint density at radius 3 is 2.59 bits per heavy atom. The van der Waals surface area contributed by atoms with Crippen molar-refractivity contribution in [1.82, 2.24) is 10.3 Å². The van der Waals surface area contributed by atoms with Crippen LogP contribution in [0.15, 0.2) is 76.5 Å². The lowest BCUT2D eigenvalue weighted by Crippen LogP contribution is -2.27. The van der Waals surface area contributed by atoms with Crippen LogP contribution in [0.4, 0.5) is 0 Å². The fourth-order valence-electron chi connectivity index (χ4n) is 3.68. The first-order valence-electron chi connectivity index (χ1n) is 10.3. The quantitative estimate of drug-likeness (QED) is 0.367. The Morgan fingerprint density at radius 2 is 1.78 bits per heavy atom. The molecule has 1 amide bonds. The molecule has 0 bridgehead atoms. The number of H-pyrrole nitrogens is 1. The summed E-state index contributed by atoms with van der Waals surface area (Å²) in [4.78, 5) is 18.5. The van der Waals surface area contributed by atoms with Gasteiger partial charge < -0.3 is 19.8 Å². The number of hydrogen-bond acceptors (Lipinski definition) is 4. The Bertz CT molecular complexity index is 1290. The lowest BCUT2D eigenvalue weighted by Gasteiger charge is -2.21. The third-order valence-electron chi connectivity index (χ3n) is 5.33. The van der Waals surface area contributed by atoms with Crippen LogP contribution in [0, 0.1) is 0 Å². The Morgan fingerprint density at radius 1 is 1.03 bits per heavy atom. The number of benzene rings is 3. The van der Waals surface area contributed by atoms with Crippen molar-refractivity contribution in [3.63, 3.8) is 0 Å². The summed E-state index contributed by atoms with van der Waals surface area (Å²) in [6, 6.07) is 21.1. The van der Waals surface area contributed by atoms with E-state index in [9.17, 15) is 4.79 Å². The standard InChI is InChI=1S/C25H21ClN2O3S/c1-15(16-6-11-21-22(14-16)31-13-12-30-21)27-25(29)23-24(19-4-2-3-5-20(19)28-23)32-18-9-7-17(26)8-10-18/h2-11,14-15,28H,12-13H2,1H3,(H,27,29)/t15-/m0/s1. The van der Waals surface area contributed by atoms with E-state index in [4.69, 9.17) is 21.1 Å². The van der Waals surface area contributed by atoms with Gasteiger partial charge in [0.15, 0.2) is 11.5 Å². The first kappa shape index (κ1) is 20.8. The van der Waals surface area contributed by atoms with Crippen LogP contribution >= 0.6 is 23.4 Å². The molecule has 162 valence electrons. The predicted molar refractivity (Wildman–Crippen MR) is 127 cm³/mol. The lowest BCUT2D eigenvalue weighted by atomic mass is 10.1. The highest BCUT2D eigenvalue weighted by atomic mass is 35.5. The number of nitrogens with one attached hydrogen (secondary N) is 2. The lowest BCUT2D eigenvalue weighted by molar-refractivity contribution is 0.0932. The molecule has 32 heavy (non-hydrogen) atoms. The summed E-state index contributed by atoms with van der Waals surface area (Å²) in [6.07, 6.45) is 0. The maximum absolute atomic E-state index is 13.3. The van der Waals surface area contributed by atoms with E-state index in [1.54, 1.807) is 11.8 Å². The second-order valence-electron chi connectivity index (χ2n) is 7.53. The molecule has 0 radical (unpaired) electrons. The highest BCUT2D eigenvalue weighted by molar-refractivity contribution is 7.99. The molecule has 0 spiro atoms. The number of amides is 1. The molecular formula is C25H21ClN2O3S. The minimum atomic E-state index is -0.210. The van der Waals surface area contributed by atoms with Crippen molar-refractivity contribution in [3.05, 3.63) is 83.0 Å². The Labute approximate surface area is 195 Å². The zero-order chi connectivity index (χ0) is 22.1. The second-order valence-corrected chi connectivity index (χ2v) is 9.05. The number of rotatable bonds is 5. The molecule has 1 aromatic heterocycles. The number of carbonyl (C=O) groups excluding carboxylic acids is 1. The topological polar surface area (TPSA) is 63.4 Å². The molecule has 4 aromatic rings. The molecule has 1 aliphatic rings. The second kappa shape index (κ2) is 8.81. The SMILES string of the molecule is C[C@H](NC(=O)c1[nH]c2ccccc2c1Sc1ccc(Cl)cc1)c1ccc2c(c1)OCCO2. The van der Waals surface area contributed by atoms with Gasteiger partial charge in [-0.2, -0.15) is 0 Å².